The summed E-state index contributed by atoms with van der Waals surface area (Å²) < 4.78 is 31.6. The Bertz CT molecular complexity index is 483. The van der Waals surface area contributed by atoms with E-state index in [0.717, 1.165) is 12.5 Å². The average molecular weight is 300 g/mol. The molecule has 1 aromatic carbocycles. The number of ether oxygens (including phenoxy) is 1. The monoisotopic (exact) mass is 300 g/mol. The second-order valence-electron chi connectivity index (χ2n) is 5.13. The number of carbonyl (C=O) groups excluding carboxylic acids is 1. The molecule has 0 spiro atoms. The minimum absolute atomic E-state index is 0.128. The third-order valence-electron chi connectivity index (χ3n) is 3.30. The van der Waals surface area contributed by atoms with Crippen molar-refractivity contribution in [2.75, 3.05) is 13.2 Å². The quantitative estimate of drug-likeness (QED) is 0.688. The number of hydrogen-bond donors (Lipinski definition) is 2. The fraction of sp³-hybridized carbons (Fsp3) is 0.533. The SMILES string of the molecule is CCCNC(C)(CCCOc1cccc(F)c1F)C(N)=O. The maximum atomic E-state index is 13.4. The van der Waals surface area contributed by atoms with Gasteiger partial charge in [0.2, 0.25) is 11.7 Å². The van der Waals surface area contributed by atoms with Gasteiger partial charge in [0.1, 0.15) is 0 Å². The Morgan fingerprint density at radius 2 is 2.14 bits per heavy atom. The lowest BCUT2D eigenvalue weighted by atomic mass is 9.95. The molecule has 4 nitrogen and oxygen atoms in total. The molecule has 0 aliphatic heterocycles. The van der Waals surface area contributed by atoms with Gasteiger partial charge in [-0.25, -0.2) is 4.39 Å². The first-order valence-electron chi connectivity index (χ1n) is 7.02. The van der Waals surface area contributed by atoms with Crippen LogP contribution in [0.2, 0.25) is 0 Å². The Morgan fingerprint density at radius 1 is 1.43 bits per heavy atom. The number of carbonyl (C=O) groups is 1. The van der Waals surface area contributed by atoms with Crippen molar-refractivity contribution in [2.45, 2.75) is 38.6 Å². The molecule has 0 saturated heterocycles. The van der Waals surface area contributed by atoms with E-state index in [1.807, 2.05) is 6.92 Å². The molecular weight excluding hydrogens is 278 g/mol. The maximum absolute atomic E-state index is 13.4. The highest BCUT2D eigenvalue weighted by atomic mass is 19.2. The Hall–Kier alpha value is -1.69. The normalized spacial score (nSPS) is 13.7. The second kappa shape index (κ2) is 7.93. The molecule has 1 unspecified atom stereocenters. The molecule has 0 aliphatic carbocycles. The Labute approximate surface area is 123 Å². The molecule has 1 rings (SSSR count). The first kappa shape index (κ1) is 17.4. The average Bonchev–Trinajstić information content (AvgIpc) is 2.45. The molecule has 0 saturated carbocycles. The van der Waals surface area contributed by atoms with Crippen LogP contribution in [0.25, 0.3) is 0 Å². The third-order valence-corrected chi connectivity index (χ3v) is 3.30. The summed E-state index contributed by atoms with van der Waals surface area (Å²) in [6.07, 6.45) is 1.83. The molecule has 1 aromatic rings. The molecule has 0 aromatic heterocycles. The van der Waals surface area contributed by atoms with Gasteiger partial charge < -0.3 is 15.8 Å². The number of nitrogens with two attached hydrogens (primary N) is 1. The fourth-order valence-electron chi connectivity index (χ4n) is 1.90. The van der Waals surface area contributed by atoms with Crippen molar-refractivity contribution >= 4 is 5.91 Å². The van der Waals surface area contributed by atoms with Crippen LogP contribution in [-0.4, -0.2) is 24.6 Å². The van der Waals surface area contributed by atoms with Crippen molar-refractivity contribution in [1.82, 2.24) is 5.32 Å². The number of amides is 1. The van der Waals surface area contributed by atoms with Gasteiger partial charge in [0.15, 0.2) is 11.6 Å². The van der Waals surface area contributed by atoms with Crippen molar-refractivity contribution in [3.05, 3.63) is 29.8 Å². The molecule has 21 heavy (non-hydrogen) atoms. The van der Waals surface area contributed by atoms with Gasteiger partial charge in [-0.05, 0) is 44.9 Å². The first-order valence-corrected chi connectivity index (χ1v) is 7.02. The van der Waals surface area contributed by atoms with Crippen molar-refractivity contribution in [3.8, 4) is 5.75 Å². The summed E-state index contributed by atoms with van der Waals surface area (Å²) in [6, 6.07) is 3.77. The molecule has 0 fully saturated rings. The van der Waals surface area contributed by atoms with Crippen LogP contribution in [0.4, 0.5) is 8.78 Å². The highest BCUT2D eigenvalue weighted by molar-refractivity contribution is 5.84. The van der Waals surface area contributed by atoms with Gasteiger partial charge in [0.05, 0.1) is 12.1 Å². The van der Waals surface area contributed by atoms with E-state index in [-0.39, 0.29) is 12.4 Å². The van der Waals surface area contributed by atoms with Crippen LogP contribution in [0.3, 0.4) is 0 Å². The topological polar surface area (TPSA) is 64.3 Å². The predicted octanol–water partition coefficient (Wildman–Crippen LogP) is 2.37. The number of nitrogens with one attached hydrogen (secondary N) is 1. The van der Waals surface area contributed by atoms with Gasteiger partial charge in [-0.1, -0.05) is 13.0 Å². The summed E-state index contributed by atoms with van der Waals surface area (Å²) in [5.74, 6) is -2.51. The second-order valence-corrected chi connectivity index (χ2v) is 5.13. The molecule has 3 N–H and O–H groups in total. The zero-order valence-corrected chi connectivity index (χ0v) is 12.4. The lowest BCUT2D eigenvalue weighted by molar-refractivity contribution is -0.124. The third kappa shape index (κ3) is 4.97. The number of rotatable bonds is 9. The summed E-state index contributed by atoms with van der Waals surface area (Å²) in [5, 5.41) is 3.10. The van der Waals surface area contributed by atoms with Crippen molar-refractivity contribution in [2.24, 2.45) is 5.73 Å². The van der Waals surface area contributed by atoms with Crippen molar-refractivity contribution in [1.29, 1.82) is 0 Å². The van der Waals surface area contributed by atoms with E-state index in [2.05, 4.69) is 5.32 Å². The number of benzene rings is 1. The summed E-state index contributed by atoms with van der Waals surface area (Å²) in [4.78, 5) is 11.5. The zero-order chi connectivity index (χ0) is 15.9. The van der Waals surface area contributed by atoms with Gasteiger partial charge in [-0.2, -0.15) is 4.39 Å². The van der Waals surface area contributed by atoms with Gasteiger partial charge >= 0.3 is 0 Å². The van der Waals surface area contributed by atoms with E-state index in [1.165, 1.54) is 12.1 Å². The molecule has 0 heterocycles. The Kier molecular flexibility index (Phi) is 6.55. The van der Waals surface area contributed by atoms with Crippen LogP contribution in [0, 0.1) is 11.6 Å². The first-order chi connectivity index (χ1) is 9.90. The van der Waals surface area contributed by atoms with Gasteiger partial charge in [0, 0.05) is 0 Å². The smallest absolute Gasteiger partial charge is 0.237 e. The number of primary amides is 1. The van der Waals surface area contributed by atoms with Crippen molar-refractivity contribution < 1.29 is 18.3 Å². The van der Waals surface area contributed by atoms with Crippen LogP contribution in [0.5, 0.6) is 5.75 Å². The van der Waals surface area contributed by atoms with E-state index >= 15 is 0 Å². The van der Waals surface area contributed by atoms with Crippen LogP contribution >= 0.6 is 0 Å². The molecule has 118 valence electrons. The van der Waals surface area contributed by atoms with E-state index in [4.69, 9.17) is 10.5 Å². The van der Waals surface area contributed by atoms with Gasteiger partial charge in [-0.3, -0.25) is 4.79 Å². The predicted molar refractivity (Wildman–Crippen MR) is 77.0 cm³/mol. The summed E-state index contributed by atoms with van der Waals surface area (Å²) in [5.41, 5.74) is 4.58. The Morgan fingerprint density at radius 3 is 2.76 bits per heavy atom. The lowest BCUT2D eigenvalue weighted by Crippen LogP contribution is -2.53. The van der Waals surface area contributed by atoms with Gasteiger partial charge in [-0.15, -0.1) is 0 Å². The minimum Gasteiger partial charge on any atom is -0.490 e. The fourth-order valence-corrected chi connectivity index (χ4v) is 1.90. The van der Waals surface area contributed by atoms with E-state index in [9.17, 15) is 13.6 Å². The van der Waals surface area contributed by atoms with Crippen LogP contribution in [-0.2, 0) is 4.79 Å². The minimum atomic E-state index is -1.00. The molecule has 0 radical (unpaired) electrons. The van der Waals surface area contributed by atoms with Crippen LogP contribution < -0.4 is 15.8 Å². The molecular formula is C15H22F2N2O2. The lowest BCUT2D eigenvalue weighted by Gasteiger charge is -2.27. The summed E-state index contributed by atoms with van der Waals surface area (Å²) >= 11 is 0. The number of hydrogen-bond acceptors (Lipinski definition) is 3. The summed E-state index contributed by atoms with van der Waals surface area (Å²) in [7, 11) is 0. The Balaban J connectivity index is 2.48. The molecule has 0 bridgehead atoms. The maximum Gasteiger partial charge on any atom is 0.237 e. The molecule has 1 amide bonds. The van der Waals surface area contributed by atoms with E-state index in [0.29, 0.717) is 19.4 Å². The molecule has 6 heteroatoms. The van der Waals surface area contributed by atoms with E-state index in [1.54, 1.807) is 6.92 Å². The molecule has 1 atom stereocenters. The highest BCUT2D eigenvalue weighted by Gasteiger charge is 2.29. The number of halogens is 2. The highest BCUT2D eigenvalue weighted by Crippen LogP contribution is 2.20. The van der Waals surface area contributed by atoms with Gasteiger partial charge in [0.25, 0.3) is 0 Å². The standard InChI is InChI=1S/C15H22F2N2O2/c1-3-9-19-15(2,14(18)20)8-5-10-21-12-7-4-6-11(16)13(12)17/h4,6-7,19H,3,5,8-10H2,1-2H3,(H2,18,20). The largest absolute Gasteiger partial charge is 0.490 e. The zero-order valence-electron chi connectivity index (χ0n) is 12.4. The van der Waals surface area contributed by atoms with E-state index < -0.39 is 23.1 Å². The summed E-state index contributed by atoms with van der Waals surface area (Å²) in [6.45, 7) is 4.58. The van der Waals surface area contributed by atoms with Crippen LogP contribution in [0.15, 0.2) is 18.2 Å². The molecule has 0 aliphatic rings. The van der Waals surface area contributed by atoms with Crippen LogP contribution in [0.1, 0.15) is 33.1 Å². The van der Waals surface area contributed by atoms with Crippen molar-refractivity contribution in [3.63, 3.8) is 0 Å².